The van der Waals surface area contributed by atoms with Crippen LogP contribution in [0.4, 0.5) is 0 Å². The number of carbonyl (C=O) groups excluding carboxylic acids is 1. The fourth-order valence-electron chi connectivity index (χ4n) is 1.74. The van der Waals surface area contributed by atoms with Crippen LogP contribution < -0.4 is 0 Å². The zero-order valence-electron chi connectivity index (χ0n) is 8.92. The molecule has 2 heterocycles. The largest absolute Gasteiger partial charge is 0.479 e. The van der Waals surface area contributed by atoms with E-state index in [4.69, 9.17) is 9.84 Å². The highest BCUT2D eigenvalue weighted by molar-refractivity contribution is 9.10. The Hall–Kier alpha value is -0.920. The predicted molar refractivity (Wildman–Crippen MR) is 64.9 cm³/mol. The number of ether oxygens (including phenoxy) is 1. The van der Waals surface area contributed by atoms with Crippen LogP contribution in [0.1, 0.15) is 10.9 Å². The van der Waals surface area contributed by atoms with Gasteiger partial charge in [-0.15, -0.1) is 11.3 Å². The summed E-state index contributed by atoms with van der Waals surface area (Å²) in [5.74, 6) is -1.27. The molecule has 5 nitrogen and oxygen atoms in total. The number of amides is 1. The van der Waals surface area contributed by atoms with Gasteiger partial charge in [-0.1, -0.05) is 0 Å². The molecule has 1 fully saturated rings. The molecule has 0 spiro atoms. The predicted octanol–water partition coefficient (Wildman–Crippen LogP) is 1.49. The van der Waals surface area contributed by atoms with Crippen LogP contribution in [0.25, 0.3) is 0 Å². The van der Waals surface area contributed by atoms with Crippen LogP contribution in [0.2, 0.25) is 0 Å². The van der Waals surface area contributed by atoms with E-state index >= 15 is 0 Å². The quantitative estimate of drug-likeness (QED) is 0.897. The Bertz CT molecular complexity index is 461. The fraction of sp³-hybridized carbons (Fsp3) is 0.400. The summed E-state index contributed by atoms with van der Waals surface area (Å²) in [7, 11) is 1.60. The molecule has 1 aromatic rings. The summed E-state index contributed by atoms with van der Waals surface area (Å²) in [4.78, 5) is 24.9. The molecule has 1 saturated heterocycles. The van der Waals surface area contributed by atoms with E-state index in [2.05, 4.69) is 15.9 Å². The Labute approximate surface area is 110 Å². The zero-order chi connectivity index (χ0) is 12.6. The van der Waals surface area contributed by atoms with Gasteiger partial charge in [0, 0.05) is 21.8 Å². The van der Waals surface area contributed by atoms with Crippen LogP contribution >= 0.6 is 27.3 Å². The molecule has 7 heteroatoms. The first-order chi connectivity index (χ1) is 8.00. The molecule has 0 aromatic carbocycles. The number of carbonyl (C=O) groups is 2. The molecule has 2 unspecified atom stereocenters. The summed E-state index contributed by atoms with van der Waals surface area (Å²) in [5.41, 5.74) is 0. The van der Waals surface area contributed by atoms with E-state index in [-0.39, 0.29) is 12.5 Å². The van der Waals surface area contributed by atoms with Gasteiger partial charge in [-0.2, -0.15) is 0 Å². The molecule has 17 heavy (non-hydrogen) atoms. The molecule has 0 bridgehead atoms. The summed E-state index contributed by atoms with van der Waals surface area (Å²) >= 11 is 4.71. The van der Waals surface area contributed by atoms with Gasteiger partial charge in [0.25, 0.3) is 0 Å². The van der Waals surface area contributed by atoms with Gasteiger partial charge in [-0.3, -0.25) is 4.79 Å². The van der Waals surface area contributed by atoms with Gasteiger partial charge in [0.05, 0.1) is 0 Å². The fourth-order valence-corrected chi connectivity index (χ4v) is 3.35. The summed E-state index contributed by atoms with van der Waals surface area (Å²) in [6, 6.07) is 1.24. The van der Waals surface area contributed by atoms with Crippen LogP contribution in [-0.4, -0.2) is 41.6 Å². The minimum absolute atomic E-state index is 0.184. The lowest BCUT2D eigenvalue weighted by molar-refractivity contribution is -0.171. The number of thiophene rings is 1. The topological polar surface area (TPSA) is 66.8 Å². The van der Waals surface area contributed by atoms with E-state index in [0.29, 0.717) is 0 Å². The summed E-state index contributed by atoms with van der Waals surface area (Å²) in [6.45, 7) is -0.184. The third-order valence-corrected chi connectivity index (χ3v) is 4.37. The van der Waals surface area contributed by atoms with E-state index < -0.39 is 18.1 Å². The lowest BCUT2D eigenvalue weighted by Gasteiger charge is -2.36. The lowest BCUT2D eigenvalue weighted by Crippen LogP contribution is -2.49. The van der Waals surface area contributed by atoms with E-state index in [1.807, 2.05) is 11.4 Å². The van der Waals surface area contributed by atoms with Gasteiger partial charge in [-0.05, 0) is 22.0 Å². The number of morpholine rings is 1. The van der Waals surface area contributed by atoms with Crippen molar-refractivity contribution in [1.82, 2.24) is 4.90 Å². The van der Waals surface area contributed by atoms with Gasteiger partial charge >= 0.3 is 5.97 Å². The van der Waals surface area contributed by atoms with Gasteiger partial charge in [0.2, 0.25) is 5.91 Å². The van der Waals surface area contributed by atoms with Crippen molar-refractivity contribution in [3.63, 3.8) is 0 Å². The molecule has 2 rings (SSSR count). The smallest absolute Gasteiger partial charge is 0.335 e. The highest BCUT2D eigenvalue weighted by Gasteiger charge is 2.40. The van der Waals surface area contributed by atoms with Crippen molar-refractivity contribution < 1.29 is 19.4 Å². The zero-order valence-corrected chi connectivity index (χ0v) is 11.3. The highest BCUT2D eigenvalue weighted by atomic mass is 79.9. The second-order valence-electron chi connectivity index (χ2n) is 3.69. The van der Waals surface area contributed by atoms with Crippen LogP contribution in [0.5, 0.6) is 0 Å². The second kappa shape index (κ2) is 4.75. The van der Waals surface area contributed by atoms with Gasteiger partial charge in [-0.25, -0.2) is 4.79 Å². The molecule has 1 aliphatic rings. The molecule has 2 atom stereocenters. The molecule has 1 aromatic heterocycles. The molecule has 0 saturated carbocycles. The first-order valence-electron chi connectivity index (χ1n) is 4.84. The summed E-state index contributed by atoms with van der Waals surface area (Å²) < 4.78 is 5.97. The van der Waals surface area contributed by atoms with Crippen molar-refractivity contribution in [2.45, 2.75) is 12.1 Å². The lowest BCUT2D eigenvalue weighted by atomic mass is 10.1. The Balaban J connectivity index is 2.36. The maximum Gasteiger partial charge on any atom is 0.335 e. The van der Waals surface area contributed by atoms with Crippen molar-refractivity contribution in [3.8, 4) is 0 Å². The number of likely N-dealkylation sites (N-methyl/N-ethyl adjacent to an activating group) is 1. The van der Waals surface area contributed by atoms with Crippen LogP contribution in [0.15, 0.2) is 15.9 Å². The average Bonchev–Trinajstić information content (AvgIpc) is 2.68. The average molecular weight is 320 g/mol. The molecular formula is C10H10BrNO4S. The summed E-state index contributed by atoms with van der Waals surface area (Å²) in [6.07, 6.45) is -1.01. The number of hydrogen-bond donors (Lipinski definition) is 1. The minimum atomic E-state index is -1.06. The Morgan fingerprint density at radius 2 is 2.41 bits per heavy atom. The first-order valence-corrected chi connectivity index (χ1v) is 6.52. The third-order valence-electron chi connectivity index (χ3n) is 2.61. The van der Waals surface area contributed by atoms with Crippen molar-refractivity contribution in [2.75, 3.05) is 13.7 Å². The highest BCUT2D eigenvalue weighted by Crippen LogP contribution is 2.34. The first kappa shape index (κ1) is 12.5. The van der Waals surface area contributed by atoms with Gasteiger partial charge in [0.15, 0.2) is 6.10 Å². The van der Waals surface area contributed by atoms with E-state index in [1.54, 1.807) is 7.05 Å². The van der Waals surface area contributed by atoms with E-state index in [9.17, 15) is 9.59 Å². The van der Waals surface area contributed by atoms with E-state index in [0.717, 1.165) is 9.35 Å². The number of rotatable bonds is 2. The number of halogens is 1. The molecule has 0 radical (unpaired) electrons. The maximum atomic E-state index is 11.6. The second-order valence-corrected chi connectivity index (χ2v) is 5.55. The van der Waals surface area contributed by atoms with Gasteiger partial charge < -0.3 is 14.7 Å². The molecule has 1 N–H and O–H groups in total. The molecule has 1 aliphatic heterocycles. The number of carboxylic acid groups (broad SMARTS) is 1. The minimum Gasteiger partial charge on any atom is -0.479 e. The van der Waals surface area contributed by atoms with Gasteiger partial charge in [0.1, 0.15) is 12.6 Å². The van der Waals surface area contributed by atoms with E-state index in [1.165, 1.54) is 16.2 Å². The normalized spacial score (nSPS) is 25.1. The molecule has 0 aliphatic carbocycles. The van der Waals surface area contributed by atoms with Crippen molar-refractivity contribution in [1.29, 1.82) is 0 Å². The van der Waals surface area contributed by atoms with Crippen LogP contribution in [-0.2, 0) is 14.3 Å². The number of aliphatic carboxylic acids is 1. The Morgan fingerprint density at radius 3 is 2.94 bits per heavy atom. The number of carboxylic acids is 1. The number of hydrogen-bond acceptors (Lipinski definition) is 4. The Morgan fingerprint density at radius 1 is 1.71 bits per heavy atom. The SMILES string of the molecule is CN1C(=O)COC(C(=O)O)C1c1cc(Br)cs1. The van der Waals surface area contributed by atoms with Crippen molar-refractivity contribution in [2.24, 2.45) is 0 Å². The standard InChI is InChI=1S/C10H10BrNO4S/c1-12-7(13)3-16-9(10(14)15)8(12)6-2-5(11)4-17-6/h2,4,8-9H,3H2,1H3,(H,14,15). The van der Waals surface area contributed by atoms with Crippen LogP contribution in [0.3, 0.4) is 0 Å². The van der Waals surface area contributed by atoms with Crippen LogP contribution in [0, 0.1) is 0 Å². The molecule has 1 amide bonds. The number of nitrogens with zero attached hydrogens (tertiary/aromatic N) is 1. The monoisotopic (exact) mass is 319 g/mol. The maximum absolute atomic E-state index is 11.6. The Kier molecular flexibility index (Phi) is 3.50. The molecule has 92 valence electrons. The summed E-state index contributed by atoms with van der Waals surface area (Å²) in [5, 5.41) is 11.0. The third kappa shape index (κ3) is 2.36. The van der Waals surface area contributed by atoms with Crippen molar-refractivity contribution in [3.05, 3.63) is 20.8 Å². The van der Waals surface area contributed by atoms with Crippen molar-refractivity contribution >= 4 is 39.1 Å². The molecular weight excluding hydrogens is 310 g/mol.